The normalized spacial score (nSPS) is 25.0. The Labute approximate surface area is 235 Å². The molecule has 2 aromatic heterocycles. The summed E-state index contributed by atoms with van der Waals surface area (Å²) in [7, 11) is -16.8. The molecule has 1 aliphatic heterocycles. The molecule has 2 unspecified atom stereocenters. The fraction of sp³-hybridized carbons (Fsp3) is 0.294. The number of hydrogen-bond donors (Lipinski definition) is 7. The number of benzene rings is 1. The van der Waals surface area contributed by atoms with Crippen LogP contribution in [0.3, 0.4) is 0 Å². The molecule has 3 aromatic rings. The van der Waals surface area contributed by atoms with E-state index in [2.05, 4.69) is 23.1 Å². The molecule has 1 aliphatic rings. The topological polar surface area (TPSA) is 266 Å². The van der Waals surface area contributed by atoms with Crippen molar-refractivity contribution in [3.8, 4) is 11.1 Å². The zero-order valence-electron chi connectivity index (χ0n) is 19.4. The summed E-state index contributed by atoms with van der Waals surface area (Å²) < 4.78 is 53.0. The van der Waals surface area contributed by atoms with E-state index in [1.807, 2.05) is 6.07 Å². The average molecular weight is 605 g/mol. The van der Waals surface area contributed by atoms with Crippen LogP contribution in [0.5, 0.6) is 0 Å². The van der Waals surface area contributed by atoms with Crippen molar-refractivity contribution in [2.75, 3.05) is 12.3 Å². The molecule has 8 N–H and O–H groups in total. The van der Waals surface area contributed by atoms with Crippen LogP contribution in [-0.2, 0) is 31.6 Å². The molecule has 0 aliphatic carbocycles. The first-order valence-electron chi connectivity index (χ1n) is 10.1. The van der Waals surface area contributed by atoms with E-state index in [1.54, 1.807) is 30.5 Å². The summed E-state index contributed by atoms with van der Waals surface area (Å²) in [6.07, 6.45) is -3.30. The zero-order valence-corrected chi connectivity index (χ0v) is 24.0. The Morgan fingerprint density at radius 1 is 0.974 bits per heavy atom. The van der Waals surface area contributed by atoms with Gasteiger partial charge in [0.1, 0.15) is 36.1 Å². The fourth-order valence-corrected chi connectivity index (χ4v) is 6.74. The number of aromatic nitrogens is 3. The van der Waals surface area contributed by atoms with E-state index in [-0.39, 0.29) is 41.0 Å². The van der Waals surface area contributed by atoms with Crippen LogP contribution < -0.4 is 35.3 Å². The largest absolute Gasteiger partial charge is 1.00 e. The number of fused-ring (bicyclic) bond motifs is 1. The Kier molecular flexibility index (Phi) is 9.78. The van der Waals surface area contributed by atoms with Gasteiger partial charge in [-0.05, 0) is 5.56 Å². The second-order valence-electron chi connectivity index (χ2n) is 7.71. The van der Waals surface area contributed by atoms with Gasteiger partial charge in [-0.3, -0.25) is 4.52 Å². The Morgan fingerprint density at radius 3 is 2.26 bits per heavy atom. The molecular formula is C17H21N4NaO13P3+. The molecule has 1 saturated heterocycles. The molecule has 4 rings (SSSR count). The van der Waals surface area contributed by atoms with E-state index in [0.29, 0.717) is 10.9 Å². The Hall–Kier alpha value is -1.07. The van der Waals surface area contributed by atoms with Crippen LogP contribution in [0.15, 0.2) is 42.9 Å². The van der Waals surface area contributed by atoms with Gasteiger partial charge in [0.2, 0.25) is 0 Å². The predicted molar refractivity (Wildman–Crippen MR) is 123 cm³/mol. The molecule has 0 bridgehead atoms. The molecule has 0 saturated carbocycles. The van der Waals surface area contributed by atoms with E-state index in [1.165, 1.54) is 10.9 Å². The molecule has 1 fully saturated rings. The molecule has 38 heavy (non-hydrogen) atoms. The van der Waals surface area contributed by atoms with Gasteiger partial charge < -0.3 is 44.8 Å². The molecular weight excluding hydrogens is 584 g/mol. The van der Waals surface area contributed by atoms with Gasteiger partial charge in [-0.25, -0.2) is 23.7 Å². The number of phosphoric acid groups is 3. The standard InChI is InChI=1S/C17H21N4O13P3.Na/c18-15-12-10(9-4-2-1-3-5-9)6-21(16(12)20-8-19-15)17-14(23)13(22)11(32-17)7-31-36(27,28)34-37(29,30)33-35(24,25)26;/h1-6,8,11,13-14,17,22-23H,7H2,(H,27,28)(H,29,30)(H2,18,19,20)(H2,24,25,26);/q;+1/t11-,13-,14-,17-;/m1./s1. The van der Waals surface area contributed by atoms with Crippen molar-refractivity contribution in [2.45, 2.75) is 24.5 Å². The van der Waals surface area contributed by atoms with E-state index in [9.17, 15) is 33.7 Å². The minimum atomic E-state index is -5.73. The Bertz CT molecular complexity index is 1440. The monoisotopic (exact) mass is 605 g/mol. The number of nitrogens with two attached hydrogens (primary N) is 1. The maximum absolute atomic E-state index is 12.0. The average Bonchev–Trinajstić information content (AvgIpc) is 3.29. The second kappa shape index (κ2) is 11.8. The first-order valence-corrected chi connectivity index (χ1v) is 14.7. The summed E-state index contributed by atoms with van der Waals surface area (Å²) in [6, 6.07) is 9.00. The first kappa shape index (κ1) is 31.5. The first-order chi connectivity index (χ1) is 17.2. The van der Waals surface area contributed by atoms with Crippen LogP contribution in [0.1, 0.15) is 6.23 Å². The molecule has 21 heteroatoms. The maximum Gasteiger partial charge on any atom is 1.00 e. The molecule has 0 radical (unpaired) electrons. The van der Waals surface area contributed by atoms with Crippen LogP contribution in [-0.4, -0.2) is 69.2 Å². The van der Waals surface area contributed by atoms with Gasteiger partial charge in [0.15, 0.2) is 6.23 Å². The molecule has 1 aromatic carbocycles. The molecule has 0 spiro atoms. The van der Waals surface area contributed by atoms with Gasteiger partial charge in [0, 0.05) is 11.8 Å². The number of anilines is 1. The van der Waals surface area contributed by atoms with Crippen LogP contribution in [0, 0.1) is 0 Å². The van der Waals surface area contributed by atoms with Crippen molar-refractivity contribution in [3.63, 3.8) is 0 Å². The van der Waals surface area contributed by atoms with Crippen molar-refractivity contribution in [1.29, 1.82) is 0 Å². The molecule has 202 valence electrons. The number of aliphatic hydroxyl groups excluding tert-OH is 2. The van der Waals surface area contributed by atoms with Crippen molar-refractivity contribution in [2.24, 2.45) is 0 Å². The van der Waals surface area contributed by atoms with Gasteiger partial charge in [-0.1, -0.05) is 30.3 Å². The molecule has 0 amide bonds. The summed E-state index contributed by atoms with van der Waals surface area (Å²) in [5, 5.41) is 21.5. The van der Waals surface area contributed by atoms with E-state index in [0.717, 1.165) is 5.56 Å². The van der Waals surface area contributed by atoms with Gasteiger partial charge in [-0.15, -0.1) is 0 Å². The number of aliphatic hydroxyl groups is 2. The molecule has 17 nitrogen and oxygen atoms in total. The number of rotatable bonds is 9. The summed E-state index contributed by atoms with van der Waals surface area (Å²) in [5.74, 6) is 0.139. The molecule has 3 heterocycles. The smallest absolute Gasteiger partial charge is 0.387 e. The summed E-state index contributed by atoms with van der Waals surface area (Å²) in [5.41, 5.74) is 7.65. The maximum atomic E-state index is 12.0. The van der Waals surface area contributed by atoms with E-state index < -0.39 is 54.6 Å². The summed E-state index contributed by atoms with van der Waals surface area (Å²) in [4.78, 5) is 44.3. The number of ether oxygens (including phenoxy) is 1. The number of nitrogen functional groups attached to an aromatic ring is 1. The van der Waals surface area contributed by atoms with Crippen molar-refractivity contribution >= 4 is 40.3 Å². The third-order valence-corrected chi connectivity index (χ3v) is 8.96. The summed E-state index contributed by atoms with van der Waals surface area (Å²) in [6.45, 7) is -0.958. The van der Waals surface area contributed by atoms with Crippen molar-refractivity contribution < 1.29 is 90.9 Å². The van der Waals surface area contributed by atoms with Crippen LogP contribution in [0.4, 0.5) is 5.82 Å². The van der Waals surface area contributed by atoms with Gasteiger partial charge in [0.05, 0.1) is 12.0 Å². The van der Waals surface area contributed by atoms with Gasteiger partial charge >= 0.3 is 53.0 Å². The van der Waals surface area contributed by atoms with E-state index in [4.69, 9.17) is 20.3 Å². The minimum absolute atomic E-state index is 0. The fourth-order valence-electron chi connectivity index (χ4n) is 3.71. The third kappa shape index (κ3) is 7.16. The Morgan fingerprint density at radius 2 is 1.63 bits per heavy atom. The number of hydrogen-bond acceptors (Lipinski definition) is 12. The Balaban J connectivity index is 0.00000400. The van der Waals surface area contributed by atoms with Crippen molar-refractivity contribution in [3.05, 3.63) is 42.9 Å². The SMILES string of the molecule is Nc1ncnc2c1c(-c1ccccc1)cn2[C@@H]1O[C@H](COP(=O)(O)OP(=O)(O)OP(=O)(O)O)[C@@H](O)[C@H]1O.[Na+]. The van der Waals surface area contributed by atoms with Gasteiger partial charge in [0.25, 0.3) is 0 Å². The minimum Gasteiger partial charge on any atom is -0.387 e. The van der Waals surface area contributed by atoms with Crippen molar-refractivity contribution in [1.82, 2.24) is 14.5 Å². The quantitative estimate of drug-likeness (QED) is 0.0994. The van der Waals surface area contributed by atoms with Crippen LogP contribution in [0.25, 0.3) is 22.2 Å². The summed E-state index contributed by atoms with van der Waals surface area (Å²) >= 11 is 0. The molecule has 6 atom stereocenters. The second-order valence-corrected chi connectivity index (χ2v) is 12.1. The number of phosphoric ester groups is 1. The number of nitrogens with zero attached hydrogens (tertiary/aromatic N) is 3. The van der Waals surface area contributed by atoms with Crippen LogP contribution in [0.2, 0.25) is 0 Å². The van der Waals surface area contributed by atoms with E-state index >= 15 is 0 Å². The third-order valence-electron chi connectivity index (χ3n) is 5.15. The zero-order chi connectivity index (χ0) is 27.2. The van der Waals surface area contributed by atoms with Crippen LogP contribution >= 0.6 is 23.5 Å². The van der Waals surface area contributed by atoms with Gasteiger partial charge in [-0.2, -0.15) is 8.62 Å². The predicted octanol–water partition coefficient (Wildman–Crippen LogP) is -2.35.